The number of nitrogens with zero attached hydrogens (tertiary/aromatic N) is 2. The Kier molecular flexibility index (Phi) is 19.3. The van der Waals surface area contributed by atoms with Crippen molar-refractivity contribution in [3.05, 3.63) is 241 Å². The lowest BCUT2D eigenvalue weighted by atomic mass is 9.64. The lowest BCUT2D eigenvalue weighted by Crippen LogP contribution is -2.32. The number of hydrogen-bond acceptors (Lipinski definition) is 9. The predicted octanol–water partition coefficient (Wildman–Crippen LogP) is 15.0. The molecule has 0 radical (unpaired) electrons. The number of aromatic nitrogens is 2. The van der Waals surface area contributed by atoms with Crippen LogP contribution in [0.5, 0.6) is 0 Å². The van der Waals surface area contributed by atoms with Crippen LogP contribution < -0.4 is 25.0 Å². The third kappa shape index (κ3) is 12.7. The van der Waals surface area contributed by atoms with E-state index in [2.05, 4.69) is 162 Å². The van der Waals surface area contributed by atoms with Gasteiger partial charge < -0.3 is 27.1 Å². The summed E-state index contributed by atoms with van der Waals surface area (Å²) in [5, 5.41) is 1.53. The van der Waals surface area contributed by atoms with Crippen molar-refractivity contribution in [1.29, 1.82) is 0 Å². The van der Waals surface area contributed by atoms with Gasteiger partial charge in [0.25, 0.3) is 0 Å². The average Bonchev–Trinajstić information content (AvgIpc) is 3.65. The first-order chi connectivity index (χ1) is 39.4. The van der Waals surface area contributed by atoms with E-state index in [9.17, 15) is 13.7 Å². The molecule has 0 atom stereocenters. The maximum atomic E-state index is 13.7. The molecule has 7 aromatic carbocycles. The molecule has 0 spiro atoms. The summed E-state index contributed by atoms with van der Waals surface area (Å²) in [7, 11) is -10.4. The first-order valence-corrected chi connectivity index (χ1v) is 32.4. The Balaban J connectivity index is 1.18. The lowest BCUT2D eigenvalue weighted by molar-refractivity contribution is -0.693. The third-order valence-corrected chi connectivity index (χ3v) is 20.7. The van der Waals surface area contributed by atoms with Crippen molar-refractivity contribution in [2.75, 3.05) is 39.6 Å². The fourth-order valence-corrected chi connectivity index (χ4v) is 15.1. The van der Waals surface area contributed by atoms with Crippen molar-refractivity contribution < 1.29 is 50.0 Å². The summed E-state index contributed by atoms with van der Waals surface area (Å²) in [6.07, 6.45) is 8.42. The maximum Gasteiger partial charge on any atom is 0.361 e. The number of benzene rings is 7. The lowest BCUT2D eigenvalue weighted by Gasteiger charge is -2.37. The van der Waals surface area contributed by atoms with E-state index in [1.54, 1.807) is 0 Å². The van der Waals surface area contributed by atoms with Gasteiger partial charge in [-0.25, -0.2) is 4.57 Å². The second-order valence-corrected chi connectivity index (χ2v) is 25.2. The van der Waals surface area contributed by atoms with Crippen molar-refractivity contribution in [3.63, 3.8) is 0 Å². The van der Waals surface area contributed by atoms with E-state index in [0.717, 1.165) is 79.0 Å². The molecular formula is C67H71N2O9P3+2. The van der Waals surface area contributed by atoms with Gasteiger partial charge in [0.2, 0.25) is 5.69 Å². The number of rotatable bonds is 25. The molecule has 0 amide bonds. The maximum absolute atomic E-state index is 13.7. The minimum Gasteiger partial charge on any atom is -0.305 e. The van der Waals surface area contributed by atoms with Gasteiger partial charge in [0.05, 0.1) is 61.0 Å². The van der Waals surface area contributed by atoms with E-state index in [0.29, 0.717) is 15.9 Å². The predicted molar refractivity (Wildman–Crippen MR) is 325 cm³/mol. The van der Waals surface area contributed by atoms with Crippen molar-refractivity contribution in [2.24, 2.45) is 0 Å². The summed E-state index contributed by atoms with van der Waals surface area (Å²) in [6.45, 7) is 15.5. The first kappa shape index (κ1) is 58.9. The van der Waals surface area contributed by atoms with Gasteiger partial charge in [0.1, 0.15) is 6.54 Å². The van der Waals surface area contributed by atoms with Crippen LogP contribution in [0.15, 0.2) is 219 Å². The van der Waals surface area contributed by atoms with Crippen LogP contribution in [0, 0.1) is 0 Å². The van der Waals surface area contributed by atoms with Crippen LogP contribution in [0.25, 0.3) is 50.2 Å². The molecule has 0 saturated carbocycles. The highest BCUT2D eigenvalue weighted by Crippen LogP contribution is 2.50. The Morgan fingerprint density at radius 3 is 0.765 bits per heavy atom. The zero-order chi connectivity index (χ0) is 57.0. The van der Waals surface area contributed by atoms with Crippen molar-refractivity contribution in [3.8, 4) is 50.2 Å². The minimum absolute atomic E-state index is 0.263. The molecule has 81 heavy (non-hydrogen) atoms. The summed E-state index contributed by atoms with van der Waals surface area (Å²) in [5.41, 5.74) is 12.3. The molecule has 9 aromatic rings. The fraction of sp³-hybridized carbons (Fsp3) is 0.224. The standard InChI is InChI=1S/C67H71N2O9P3/c1-8-68-47-43-57(44-48-68)58-45-49-69(50-46-58)63-35-33-62(34-36-63)67(59-27-15-51(16-28-59)54-21-37-64(38-22-54)79(70,73-9-2)74-10-3,60-29-17-52(18-30-60)55-23-39-65(40-24-55)80(71,75-11-4)76-12-5)61-31-19-53(20-32-61)56-25-41-66(42-26-56)81(72,77-13-6)78-14-7/h15-50H,8-14H2,1-7H3/q+2. The topological polar surface area (TPSA) is 114 Å². The normalized spacial score (nSPS) is 12.2. The smallest absolute Gasteiger partial charge is 0.305 e. The Hall–Kier alpha value is -6.71. The summed E-state index contributed by atoms with van der Waals surface area (Å²) in [6, 6.07) is 66.1. The van der Waals surface area contributed by atoms with Crippen molar-refractivity contribution in [1.82, 2.24) is 0 Å². The molecule has 0 aliphatic heterocycles. The number of hydrogen-bond donors (Lipinski definition) is 0. The summed E-state index contributed by atoms with van der Waals surface area (Å²) < 4.78 is 79.4. The Morgan fingerprint density at radius 2 is 0.519 bits per heavy atom. The van der Waals surface area contributed by atoms with Crippen LogP contribution in [-0.4, -0.2) is 39.6 Å². The van der Waals surface area contributed by atoms with Crippen LogP contribution >= 0.6 is 22.8 Å². The molecule has 2 heterocycles. The quantitative estimate of drug-likeness (QED) is 0.0313. The largest absolute Gasteiger partial charge is 0.361 e. The van der Waals surface area contributed by atoms with Gasteiger partial charge in [0, 0.05) is 36.4 Å². The molecular weight excluding hydrogens is 1070 g/mol. The molecule has 14 heteroatoms. The van der Waals surface area contributed by atoms with Crippen LogP contribution in [0.3, 0.4) is 0 Å². The number of pyridine rings is 2. The molecule has 0 saturated heterocycles. The molecule has 2 aromatic heterocycles. The second kappa shape index (κ2) is 26.5. The average molecular weight is 1140 g/mol. The fourth-order valence-electron chi connectivity index (χ4n) is 10.4. The molecule has 0 aliphatic carbocycles. The van der Waals surface area contributed by atoms with Crippen LogP contribution in [0.2, 0.25) is 0 Å². The molecule has 11 nitrogen and oxygen atoms in total. The van der Waals surface area contributed by atoms with Gasteiger partial charge in [-0.3, -0.25) is 13.7 Å². The van der Waals surface area contributed by atoms with Crippen LogP contribution in [0.1, 0.15) is 70.7 Å². The zero-order valence-electron chi connectivity index (χ0n) is 47.1. The van der Waals surface area contributed by atoms with Crippen LogP contribution in [-0.2, 0) is 52.8 Å². The van der Waals surface area contributed by atoms with Gasteiger partial charge in [-0.15, -0.1) is 0 Å². The van der Waals surface area contributed by atoms with E-state index in [-0.39, 0.29) is 39.6 Å². The Morgan fingerprint density at radius 1 is 0.296 bits per heavy atom. The molecule has 0 aliphatic rings. The van der Waals surface area contributed by atoms with E-state index >= 15 is 0 Å². The highest BCUT2D eigenvalue weighted by Gasteiger charge is 2.39. The highest BCUT2D eigenvalue weighted by atomic mass is 31.2. The zero-order valence-corrected chi connectivity index (χ0v) is 49.8. The molecule has 0 unspecified atom stereocenters. The van der Waals surface area contributed by atoms with Gasteiger partial charge in [-0.1, -0.05) is 121 Å². The molecule has 0 fully saturated rings. The first-order valence-electron chi connectivity index (χ1n) is 27.8. The van der Waals surface area contributed by atoms with E-state index in [1.165, 1.54) is 0 Å². The van der Waals surface area contributed by atoms with Gasteiger partial charge in [0.15, 0.2) is 24.8 Å². The molecule has 9 rings (SSSR count). The summed E-state index contributed by atoms with van der Waals surface area (Å²) in [4.78, 5) is 0. The van der Waals surface area contributed by atoms with Gasteiger partial charge in [-0.05, 0) is 152 Å². The van der Waals surface area contributed by atoms with E-state index in [1.807, 2.05) is 114 Å². The minimum atomic E-state index is -3.48. The van der Waals surface area contributed by atoms with Gasteiger partial charge in [-0.2, -0.15) is 4.57 Å². The Bertz CT molecular complexity index is 3320. The third-order valence-electron chi connectivity index (χ3n) is 14.3. The molecule has 0 bridgehead atoms. The van der Waals surface area contributed by atoms with Crippen molar-refractivity contribution >= 4 is 38.7 Å². The van der Waals surface area contributed by atoms with Crippen LogP contribution in [0.4, 0.5) is 0 Å². The monoisotopic (exact) mass is 1140 g/mol. The van der Waals surface area contributed by atoms with E-state index in [4.69, 9.17) is 27.1 Å². The summed E-state index contributed by atoms with van der Waals surface area (Å²) >= 11 is 0. The SMILES string of the molecule is CCOP(=O)(OCC)c1ccc(-c2ccc(C(c3ccc(-c4ccc(P(=O)(OCC)OCC)cc4)cc3)(c3ccc(-c4ccc(P(=O)(OCC)OCC)cc4)cc3)c3ccc(-[n+]4ccc(-c5cc[n+](CC)cc5)cc4)cc3)cc2)cc1. The molecule has 416 valence electrons. The number of aryl methyl sites for hydroxylation is 1. The van der Waals surface area contributed by atoms with Gasteiger partial charge >= 0.3 is 22.8 Å². The summed E-state index contributed by atoms with van der Waals surface area (Å²) in [5.74, 6) is 0. The second-order valence-electron chi connectivity index (χ2n) is 19.1. The van der Waals surface area contributed by atoms with Crippen molar-refractivity contribution in [2.45, 2.75) is 60.4 Å². The highest BCUT2D eigenvalue weighted by molar-refractivity contribution is 7.62. The van der Waals surface area contributed by atoms with E-state index < -0.39 is 28.2 Å². The molecule has 0 N–H and O–H groups in total. The Labute approximate surface area is 477 Å².